The summed E-state index contributed by atoms with van der Waals surface area (Å²) >= 11 is 6.13. The first-order valence-corrected chi connectivity index (χ1v) is 15.2. The van der Waals surface area contributed by atoms with Crippen molar-refractivity contribution in [2.45, 2.75) is 54.1 Å². The van der Waals surface area contributed by atoms with Crippen molar-refractivity contribution in [1.29, 1.82) is 0 Å². The van der Waals surface area contributed by atoms with Gasteiger partial charge in [0.2, 0.25) is 0 Å². The average molecular weight is 595 g/mol. The highest BCUT2D eigenvalue weighted by Gasteiger charge is 2.53. The number of nitrogens with zero attached hydrogens (tertiary/aromatic N) is 1. The van der Waals surface area contributed by atoms with Gasteiger partial charge in [-0.05, 0) is 77.9 Å². The van der Waals surface area contributed by atoms with Gasteiger partial charge in [-0.3, -0.25) is 0 Å². The summed E-state index contributed by atoms with van der Waals surface area (Å²) in [6.07, 6.45) is 0. The molecule has 0 saturated heterocycles. The third-order valence-corrected chi connectivity index (χ3v) is 8.11. The molecule has 0 radical (unpaired) electrons. The van der Waals surface area contributed by atoms with Crippen LogP contribution in [-0.2, 0) is 10.3 Å². The summed E-state index contributed by atoms with van der Waals surface area (Å²) in [7, 11) is 0. The van der Waals surface area contributed by atoms with Crippen LogP contribution in [0.25, 0.3) is 0 Å². The summed E-state index contributed by atoms with van der Waals surface area (Å²) in [6.45, 7) is 17.4. The molecular weight excluding hydrogens is 556 g/mol. The average Bonchev–Trinajstić information content (AvgIpc) is 3.21. The third kappa shape index (κ3) is 5.47. The van der Waals surface area contributed by atoms with Gasteiger partial charge < -0.3 is 19.7 Å². The summed E-state index contributed by atoms with van der Waals surface area (Å²) in [5.41, 5.74) is 5.93. The monoisotopic (exact) mass is 594 g/mol. The number of aryl methyl sites for hydroxylation is 1. The fourth-order valence-corrected chi connectivity index (χ4v) is 6.34. The SMILES string of the molecule is Cc1cc2c(cc1Nc1ccc(Cl)cc1)C1(OC(=O)c3ccccc31)c1ccc(N(CC(C)(C)C)CC(C)(C)C)cc1O2. The van der Waals surface area contributed by atoms with Crippen molar-refractivity contribution < 1.29 is 14.3 Å². The van der Waals surface area contributed by atoms with Crippen LogP contribution in [0, 0.1) is 17.8 Å². The van der Waals surface area contributed by atoms with E-state index in [-0.39, 0.29) is 16.8 Å². The van der Waals surface area contributed by atoms with E-state index in [9.17, 15) is 4.79 Å². The molecule has 4 aromatic carbocycles. The number of nitrogens with one attached hydrogen (secondary N) is 1. The predicted molar refractivity (Wildman–Crippen MR) is 175 cm³/mol. The number of hydrogen-bond donors (Lipinski definition) is 1. The fraction of sp³-hybridized carbons (Fsp3) is 0.324. The predicted octanol–water partition coefficient (Wildman–Crippen LogP) is 9.86. The largest absolute Gasteiger partial charge is 0.456 e. The van der Waals surface area contributed by atoms with Gasteiger partial charge in [-0.1, -0.05) is 71.3 Å². The molecule has 0 bridgehead atoms. The fourth-order valence-electron chi connectivity index (χ4n) is 6.21. The van der Waals surface area contributed by atoms with E-state index in [2.05, 4.69) is 76.0 Å². The second-order valence-electron chi connectivity index (χ2n) is 14.2. The lowest BCUT2D eigenvalue weighted by Crippen LogP contribution is -2.39. The zero-order valence-corrected chi connectivity index (χ0v) is 26.7. The van der Waals surface area contributed by atoms with Gasteiger partial charge in [-0.15, -0.1) is 0 Å². The second kappa shape index (κ2) is 10.3. The quantitative estimate of drug-likeness (QED) is 0.233. The molecule has 5 nitrogen and oxygen atoms in total. The number of hydrogen-bond acceptors (Lipinski definition) is 5. The van der Waals surface area contributed by atoms with Crippen LogP contribution in [0.4, 0.5) is 17.1 Å². The van der Waals surface area contributed by atoms with Gasteiger partial charge in [0.25, 0.3) is 0 Å². The Morgan fingerprint density at radius 3 is 2.12 bits per heavy atom. The highest BCUT2D eigenvalue weighted by Crippen LogP contribution is 2.57. The molecule has 6 rings (SSSR count). The first-order chi connectivity index (χ1) is 20.2. The van der Waals surface area contributed by atoms with Crippen molar-refractivity contribution >= 4 is 34.6 Å². The van der Waals surface area contributed by atoms with Gasteiger partial charge in [0.05, 0.1) is 5.56 Å². The summed E-state index contributed by atoms with van der Waals surface area (Å²) in [6, 6.07) is 25.7. The van der Waals surface area contributed by atoms with Crippen molar-refractivity contribution in [3.63, 3.8) is 0 Å². The Hall–Kier alpha value is -3.96. The Morgan fingerprint density at radius 1 is 0.791 bits per heavy atom. The third-order valence-electron chi connectivity index (χ3n) is 7.86. The minimum absolute atomic E-state index is 0.0976. The molecule has 0 amide bonds. The minimum atomic E-state index is -1.14. The molecule has 4 aromatic rings. The number of carbonyl (C=O) groups excluding carboxylic acids is 1. The number of ether oxygens (including phenoxy) is 2. The molecule has 1 N–H and O–H groups in total. The van der Waals surface area contributed by atoms with E-state index in [1.165, 1.54) is 0 Å². The molecule has 0 fully saturated rings. The zero-order valence-electron chi connectivity index (χ0n) is 26.0. The first-order valence-electron chi connectivity index (χ1n) is 14.8. The number of benzene rings is 4. The first kappa shape index (κ1) is 29.1. The summed E-state index contributed by atoms with van der Waals surface area (Å²) < 4.78 is 13.2. The van der Waals surface area contributed by atoms with Crippen LogP contribution in [0.2, 0.25) is 5.02 Å². The molecule has 1 spiro atoms. The van der Waals surface area contributed by atoms with Crippen molar-refractivity contribution in [1.82, 2.24) is 0 Å². The lowest BCUT2D eigenvalue weighted by molar-refractivity contribution is 0.0224. The second-order valence-corrected chi connectivity index (χ2v) is 14.6. The number of carbonyl (C=O) groups is 1. The maximum Gasteiger partial charge on any atom is 0.340 e. The molecule has 1 unspecified atom stereocenters. The number of rotatable bonds is 5. The van der Waals surface area contributed by atoms with Crippen LogP contribution in [0.3, 0.4) is 0 Å². The van der Waals surface area contributed by atoms with Crippen molar-refractivity contribution in [3.8, 4) is 11.5 Å². The summed E-state index contributed by atoms with van der Waals surface area (Å²) in [5.74, 6) is 1.03. The number of halogens is 1. The van der Waals surface area contributed by atoms with Gasteiger partial charge in [0, 0.05) is 57.9 Å². The van der Waals surface area contributed by atoms with E-state index in [0.717, 1.165) is 52.4 Å². The number of esters is 1. The highest BCUT2D eigenvalue weighted by atomic mass is 35.5. The van der Waals surface area contributed by atoms with E-state index in [1.807, 2.05) is 61.5 Å². The molecule has 0 saturated carbocycles. The van der Waals surface area contributed by atoms with Gasteiger partial charge in [-0.2, -0.15) is 0 Å². The normalized spacial score (nSPS) is 17.1. The smallest absolute Gasteiger partial charge is 0.340 e. The van der Waals surface area contributed by atoms with Gasteiger partial charge in [0.15, 0.2) is 5.60 Å². The van der Waals surface area contributed by atoms with Gasteiger partial charge >= 0.3 is 5.97 Å². The maximum absolute atomic E-state index is 13.4. The van der Waals surface area contributed by atoms with E-state index >= 15 is 0 Å². The molecule has 43 heavy (non-hydrogen) atoms. The van der Waals surface area contributed by atoms with Crippen LogP contribution in [0.5, 0.6) is 11.5 Å². The van der Waals surface area contributed by atoms with E-state index in [4.69, 9.17) is 21.1 Å². The molecular formula is C37H39ClN2O3. The van der Waals surface area contributed by atoms with Crippen LogP contribution < -0.4 is 15.0 Å². The van der Waals surface area contributed by atoms with Crippen LogP contribution >= 0.6 is 11.6 Å². The lowest BCUT2D eigenvalue weighted by Gasteiger charge is -2.39. The Bertz CT molecular complexity index is 1700. The molecule has 6 heteroatoms. The molecule has 222 valence electrons. The maximum atomic E-state index is 13.4. The number of fused-ring (bicyclic) bond motifs is 6. The Labute approximate surface area is 259 Å². The number of anilines is 3. The molecule has 0 aromatic heterocycles. The Kier molecular flexibility index (Phi) is 7.00. The summed E-state index contributed by atoms with van der Waals surface area (Å²) in [5, 5.41) is 4.20. The van der Waals surface area contributed by atoms with Gasteiger partial charge in [0.1, 0.15) is 11.5 Å². The van der Waals surface area contributed by atoms with E-state index in [1.54, 1.807) is 0 Å². The van der Waals surface area contributed by atoms with Gasteiger partial charge in [-0.25, -0.2) is 4.79 Å². The van der Waals surface area contributed by atoms with Crippen molar-refractivity contribution in [2.24, 2.45) is 10.8 Å². The molecule has 0 aliphatic carbocycles. The van der Waals surface area contributed by atoms with E-state index in [0.29, 0.717) is 22.1 Å². The van der Waals surface area contributed by atoms with Crippen molar-refractivity contribution in [3.05, 3.63) is 112 Å². The molecule has 2 aliphatic heterocycles. The lowest BCUT2D eigenvalue weighted by atomic mass is 9.77. The standard InChI is InChI=1S/C37H39ClN2O3/c1-23-18-32-30(20-31(23)39-25-14-12-24(38)13-15-25)37(28-11-9-8-10-27(28)34(41)43-37)29-17-16-26(19-33(29)42-32)40(21-35(2,3)4)22-36(5,6)7/h8-20,39H,21-22H2,1-7H3. The zero-order chi connectivity index (χ0) is 30.7. The molecule has 1 atom stereocenters. The van der Waals surface area contributed by atoms with E-state index < -0.39 is 5.60 Å². The topological polar surface area (TPSA) is 50.8 Å². The highest BCUT2D eigenvalue weighted by molar-refractivity contribution is 6.30. The molecule has 2 aliphatic rings. The molecule has 2 heterocycles. The van der Waals surface area contributed by atoms with Crippen LogP contribution in [0.15, 0.2) is 78.9 Å². The van der Waals surface area contributed by atoms with Crippen LogP contribution in [-0.4, -0.2) is 19.1 Å². The van der Waals surface area contributed by atoms with Crippen LogP contribution in [0.1, 0.15) is 74.2 Å². The Morgan fingerprint density at radius 2 is 1.44 bits per heavy atom. The minimum Gasteiger partial charge on any atom is -0.456 e. The van der Waals surface area contributed by atoms with Crippen molar-refractivity contribution in [2.75, 3.05) is 23.3 Å². The Balaban J connectivity index is 1.52. The summed E-state index contributed by atoms with van der Waals surface area (Å²) in [4.78, 5) is 15.9.